The molecule has 2 rings (SSSR count). The molecule has 0 aliphatic carbocycles. The van der Waals surface area contributed by atoms with Gasteiger partial charge in [-0.1, -0.05) is 36.1 Å². The Morgan fingerprint density at radius 3 is 2.64 bits per heavy atom. The first-order valence-electron chi connectivity index (χ1n) is 7.28. The van der Waals surface area contributed by atoms with E-state index in [1.54, 1.807) is 30.3 Å². The van der Waals surface area contributed by atoms with E-state index in [0.717, 1.165) is 11.8 Å². The van der Waals surface area contributed by atoms with Crippen LogP contribution in [0.15, 0.2) is 29.2 Å². The van der Waals surface area contributed by atoms with Gasteiger partial charge < -0.3 is 14.9 Å². The van der Waals surface area contributed by atoms with E-state index < -0.39 is 11.9 Å². The van der Waals surface area contributed by atoms with E-state index in [1.807, 2.05) is 0 Å². The van der Waals surface area contributed by atoms with Gasteiger partial charge in [-0.25, -0.2) is 0 Å². The lowest BCUT2D eigenvalue weighted by atomic mass is 10.2. The number of aliphatic carboxylic acids is 2. The molecule has 0 aromatic heterocycles. The fourth-order valence-corrected chi connectivity index (χ4v) is 3.31. The molecule has 1 amide bonds. The number of carboxylic acid groups (broad SMARTS) is 2. The highest BCUT2D eigenvalue weighted by Crippen LogP contribution is 2.33. The predicted octanol–water partition coefficient (Wildman–Crippen LogP) is 2.22. The normalized spacial score (nSPS) is 15.7. The number of benzene rings is 1. The molecule has 7 nitrogen and oxygen atoms in total. The van der Waals surface area contributed by atoms with Crippen molar-refractivity contribution in [2.24, 2.45) is 0 Å². The number of carboxylic acids is 2. The maximum atomic E-state index is 12.3. The first-order chi connectivity index (χ1) is 11.9. The lowest BCUT2D eigenvalue weighted by Crippen LogP contribution is -2.30. The summed E-state index contributed by atoms with van der Waals surface area (Å²) in [7, 11) is 0. The van der Waals surface area contributed by atoms with Gasteiger partial charge >= 0.3 is 11.9 Å². The van der Waals surface area contributed by atoms with Crippen LogP contribution in [0.3, 0.4) is 0 Å². The van der Waals surface area contributed by atoms with Gasteiger partial charge in [-0.2, -0.15) is 0 Å². The Kier molecular flexibility index (Phi) is 6.54. The molecule has 25 heavy (non-hydrogen) atoms. The van der Waals surface area contributed by atoms with Gasteiger partial charge in [-0.15, -0.1) is 0 Å². The van der Waals surface area contributed by atoms with Crippen molar-refractivity contribution < 1.29 is 29.3 Å². The summed E-state index contributed by atoms with van der Waals surface area (Å²) in [6, 6.07) is 6.88. The maximum Gasteiger partial charge on any atom is 0.306 e. The molecule has 0 unspecified atom stereocenters. The van der Waals surface area contributed by atoms with Crippen molar-refractivity contribution in [3.05, 3.63) is 34.7 Å². The fraction of sp³-hybridized carbons (Fsp3) is 0.250. The molecule has 1 heterocycles. The number of hydrogen-bond acceptors (Lipinski definition) is 6. The summed E-state index contributed by atoms with van der Waals surface area (Å²) < 4.78 is 5.68. The molecule has 1 aliphatic heterocycles. The first-order valence-corrected chi connectivity index (χ1v) is 8.51. The van der Waals surface area contributed by atoms with Crippen LogP contribution >= 0.6 is 24.0 Å². The second-order valence-corrected chi connectivity index (χ2v) is 6.72. The van der Waals surface area contributed by atoms with Crippen molar-refractivity contribution >= 4 is 52.2 Å². The molecule has 132 valence electrons. The molecule has 1 aliphatic rings. The molecular weight excluding hydrogens is 366 g/mol. The van der Waals surface area contributed by atoms with E-state index in [0.29, 0.717) is 20.5 Å². The van der Waals surface area contributed by atoms with Crippen molar-refractivity contribution in [2.45, 2.75) is 12.8 Å². The molecule has 1 aromatic carbocycles. The van der Waals surface area contributed by atoms with Crippen LogP contribution in [0.1, 0.15) is 18.4 Å². The Hall–Kier alpha value is -2.39. The second-order valence-electron chi connectivity index (χ2n) is 5.04. The Balaban J connectivity index is 2.07. The molecule has 9 heteroatoms. The van der Waals surface area contributed by atoms with Crippen LogP contribution in [-0.4, -0.2) is 50.4 Å². The van der Waals surface area contributed by atoms with E-state index in [1.165, 1.54) is 4.90 Å². The highest BCUT2D eigenvalue weighted by atomic mass is 32.2. The van der Waals surface area contributed by atoms with Crippen molar-refractivity contribution in [1.29, 1.82) is 0 Å². The van der Waals surface area contributed by atoms with Gasteiger partial charge in [0.05, 0.1) is 24.4 Å². The van der Waals surface area contributed by atoms with Crippen molar-refractivity contribution in [2.75, 3.05) is 13.2 Å². The van der Waals surface area contributed by atoms with Crippen molar-refractivity contribution in [1.82, 2.24) is 4.90 Å². The third-order valence-corrected chi connectivity index (χ3v) is 4.54. The summed E-state index contributed by atoms with van der Waals surface area (Å²) >= 11 is 6.24. The summed E-state index contributed by atoms with van der Waals surface area (Å²) in [5, 5.41) is 17.3. The Bertz CT molecular complexity index is 746. The zero-order valence-electron chi connectivity index (χ0n) is 13.0. The molecule has 1 aromatic rings. The fourth-order valence-electron chi connectivity index (χ4n) is 2.00. The number of thioether (sulfide) groups is 1. The zero-order chi connectivity index (χ0) is 18.4. The summed E-state index contributed by atoms with van der Waals surface area (Å²) in [6.45, 7) is 0.0891. The topological polar surface area (TPSA) is 104 Å². The number of hydrogen-bond donors (Lipinski definition) is 2. The van der Waals surface area contributed by atoms with Gasteiger partial charge in [0, 0.05) is 6.54 Å². The number of thiocarbonyl (C=S) groups is 1. The average Bonchev–Trinajstić information content (AvgIpc) is 2.79. The van der Waals surface area contributed by atoms with Gasteiger partial charge in [0.1, 0.15) is 10.1 Å². The number of carbonyl (C=O) groups excluding carboxylic acids is 1. The third kappa shape index (κ3) is 5.57. The number of carbonyl (C=O) groups is 3. The largest absolute Gasteiger partial charge is 0.493 e. The second kappa shape index (κ2) is 8.63. The molecule has 0 spiro atoms. The summed E-state index contributed by atoms with van der Waals surface area (Å²) in [6.07, 6.45) is 1.36. The smallest absolute Gasteiger partial charge is 0.306 e. The van der Waals surface area contributed by atoms with E-state index in [-0.39, 0.29) is 31.9 Å². The standard InChI is InChI=1S/C16H15NO6S2/c18-13(19)4-6-17-15(22)12(25-16(17)24)9-10-2-1-3-11(8-10)23-7-5-14(20)21/h1-3,8-9H,4-7H2,(H,18,19)(H,20,21)/b12-9-. The highest BCUT2D eigenvalue weighted by molar-refractivity contribution is 8.26. The molecular formula is C16H15NO6S2. The van der Waals surface area contributed by atoms with Crippen molar-refractivity contribution in [3.63, 3.8) is 0 Å². The Morgan fingerprint density at radius 1 is 1.24 bits per heavy atom. The van der Waals surface area contributed by atoms with Gasteiger partial charge in [-0.3, -0.25) is 19.3 Å². The number of amides is 1. The Morgan fingerprint density at radius 2 is 1.96 bits per heavy atom. The average molecular weight is 381 g/mol. The SMILES string of the molecule is O=C(O)CCOc1cccc(/C=C2\SC(=S)N(CCC(=O)O)C2=O)c1. The predicted molar refractivity (Wildman–Crippen MR) is 96.3 cm³/mol. The van der Waals surface area contributed by atoms with Gasteiger partial charge in [0.2, 0.25) is 0 Å². The minimum absolute atomic E-state index is 0.0374. The van der Waals surface area contributed by atoms with Crippen molar-refractivity contribution in [3.8, 4) is 5.75 Å². The van der Waals surface area contributed by atoms with E-state index in [2.05, 4.69) is 0 Å². The molecule has 1 fully saturated rings. The third-order valence-electron chi connectivity index (χ3n) is 3.16. The molecule has 2 N–H and O–H groups in total. The minimum atomic E-state index is -0.996. The molecule has 0 atom stereocenters. The monoisotopic (exact) mass is 381 g/mol. The van der Waals surface area contributed by atoms with Gasteiger partial charge in [-0.05, 0) is 23.8 Å². The van der Waals surface area contributed by atoms with Crippen LogP contribution < -0.4 is 4.74 Å². The number of ether oxygens (including phenoxy) is 1. The maximum absolute atomic E-state index is 12.3. The van der Waals surface area contributed by atoms with E-state index in [4.69, 9.17) is 27.2 Å². The lowest BCUT2D eigenvalue weighted by Gasteiger charge is -2.12. The van der Waals surface area contributed by atoms with Crippen LogP contribution in [0.25, 0.3) is 6.08 Å². The summed E-state index contributed by atoms with van der Waals surface area (Å²) in [5.74, 6) is -1.77. The highest BCUT2D eigenvalue weighted by Gasteiger charge is 2.32. The number of rotatable bonds is 8. The molecule has 1 saturated heterocycles. The molecule has 0 radical (unpaired) electrons. The first kappa shape index (κ1) is 18.9. The van der Waals surface area contributed by atoms with Crippen LogP contribution in [-0.2, 0) is 14.4 Å². The number of nitrogens with zero attached hydrogens (tertiary/aromatic N) is 1. The van der Waals surface area contributed by atoms with Crippen LogP contribution in [0.5, 0.6) is 5.75 Å². The minimum Gasteiger partial charge on any atom is -0.493 e. The van der Waals surface area contributed by atoms with Gasteiger partial charge in [0.15, 0.2) is 0 Å². The van der Waals surface area contributed by atoms with Gasteiger partial charge in [0.25, 0.3) is 5.91 Å². The molecule has 0 saturated carbocycles. The van der Waals surface area contributed by atoms with E-state index in [9.17, 15) is 14.4 Å². The van der Waals surface area contributed by atoms with E-state index >= 15 is 0 Å². The lowest BCUT2D eigenvalue weighted by molar-refractivity contribution is -0.138. The van der Waals surface area contributed by atoms with Crippen LogP contribution in [0.2, 0.25) is 0 Å². The van der Waals surface area contributed by atoms with Crippen LogP contribution in [0.4, 0.5) is 0 Å². The Labute approximate surface area is 153 Å². The molecule has 0 bridgehead atoms. The zero-order valence-corrected chi connectivity index (χ0v) is 14.6. The summed E-state index contributed by atoms with van der Waals surface area (Å²) in [4.78, 5) is 35.1. The summed E-state index contributed by atoms with van der Waals surface area (Å²) in [5.41, 5.74) is 0.701. The quantitative estimate of drug-likeness (QED) is 0.522. The van der Waals surface area contributed by atoms with Crippen LogP contribution in [0, 0.1) is 0 Å².